The summed E-state index contributed by atoms with van der Waals surface area (Å²) >= 11 is 0. The molecular weight excluding hydrogens is 417 g/mol. The number of aromatic amines is 2. The van der Waals surface area contributed by atoms with Crippen molar-refractivity contribution < 1.29 is 9.50 Å². The van der Waals surface area contributed by atoms with Crippen LogP contribution in [0.5, 0.6) is 0 Å². The zero-order valence-corrected chi connectivity index (χ0v) is 19.2. The molecule has 1 aliphatic heterocycles. The molecule has 1 unspecified atom stereocenters. The lowest BCUT2D eigenvalue weighted by atomic mass is 9.80. The molecule has 3 heterocycles. The Morgan fingerprint density at radius 2 is 2.12 bits per heavy atom. The van der Waals surface area contributed by atoms with Crippen molar-refractivity contribution in [1.82, 2.24) is 25.1 Å². The Kier molecular flexibility index (Phi) is 4.91. The van der Waals surface area contributed by atoms with E-state index in [1.807, 2.05) is 13.0 Å². The van der Waals surface area contributed by atoms with Gasteiger partial charge in [-0.25, -0.2) is 9.37 Å². The van der Waals surface area contributed by atoms with E-state index in [9.17, 15) is 9.50 Å². The largest absolute Gasteiger partial charge is 0.505 e. The van der Waals surface area contributed by atoms with E-state index < -0.39 is 5.83 Å². The molecule has 0 spiro atoms. The quantitative estimate of drug-likeness (QED) is 0.481. The van der Waals surface area contributed by atoms with E-state index in [0.29, 0.717) is 6.04 Å². The summed E-state index contributed by atoms with van der Waals surface area (Å²) in [5.74, 6) is 0.908. The minimum atomic E-state index is -0.450. The van der Waals surface area contributed by atoms with Crippen LogP contribution >= 0.6 is 0 Å². The molecule has 33 heavy (non-hydrogen) atoms. The number of aromatic nitrogens is 4. The van der Waals surface area contributed by atoms with Gasteiger partial charge in [0.25, 0.3) is 0 Å². The number of H-pyrrole nitrogens is 2. The predicted molar refractivity (Wildman–Crippen MR) is 126 cm³/mol. The van der Waals surface area contributed by atoms with Crippen LogP contribution in [0, 0.1) is 5.92 Å². The third-order valence-corrected chi connectivity index (χ3v) is 7.78. The van der Waals surface area contributed by atoms with Crippen molar-refractivity contribution in [2.75, 3.05) is 6.54 Å². The number of aliphatic hydroxyl groups excluding tert-OH is 1. The normalized spacial score (nSPS) is 25.8. The average Bonchev–Trinajstić information content (AvgIpc) is 3.41. The van der Waals surface area contributed by atoms with Gasteiger partial charge >= 0.3 is 0 Å². The maximum absolute atomic E-state index is 14.1. The molecule has 0 amide bonds. The van der Waals surface area contributed by atoms with Gasteiger partial charge in [0.05, 0.1) is 16.9 Å². The van der Waals surface area contributed by atoms with Crippen LogP contribution in [0.4, 0.5) is 4.39 Å². The van der Waals surface area contributed by atoms with E-state index in [1.165, 1.54) is 18.5 Å². The number of hydrogen-bond donors (Lipinski definition) is 3. The molecule has 3 aliphatic rings. The highest BCUT2D eigenvalue weighted by atomic mass is 19.1. The van der Waals surface area contributed by atoms with Gasteiger partial charge < -0.3 is 10.1 Å². The van der Waals surface area contributed by atoms with Gasteiger partial charge in [-0.3, -0.25) is 10.00 Å². The molecule has 2 aromatic heterocycles. The van der Waals surface area contributed by atoms with Crippen molar-refractivity contribution in [3.8, 4) is 11.5 Å². The first kappa shape index (κ1) is 20.7. The molecule has 1 aromatic carbocycles. The molecular formula is C26H30FN5O. The average molecular weight is 448 g/mol. The molecule has 3 aromatic rings. The second-order valence-corrected chi connectivity index (χ2v) is 9.96. The number of hydrogen-bond acceptors (Lipinski definition) is 4. The van der Waals surface area contributed by atoms with E-state index in [4.69, 9.17) is 4.98 Å². The zero-order chi connectivity index (χ0) is 22.7. The van der Waals surface area contributed by atoms with Crippen LogP contribution in [0.25, 0.3) is 22.4 Å². The van der Waals surface area contributed by atoms with E-state index in [1.54, 1.807) is 6.08 Å². The molecule has 172 valence electrons. The second-order valence-electron chi connectivity index (χ2n) is 9.96. The number of rotatable bonds is 4. The van der Waals surface area contributed by atoms with E-state index in [2.05, 4.69) is 39.1 Å². The summed E-state index contributed by atoms with van der Waals surface area (Å²) in [6.07, 6.45) is 6.12. The summed E-state index contributed by atoms with van der Waals surface area (Å²) < 4.78 is 14.1. The Balaban J connectivity index is 1.28. The van der Waals surface area contributed by atoms with Crippen LogP contribution in [0.15, 0.2) is 41.4 Å². The topological polar surface area (TPSA) is 80.8 Å². The number of allylic oxidation sites excluding steroid dienone is 3. The molecule has 1 fully saturated rings. The third-order valence-electron chi connectivity index (χ3n) is 7.78. The first-order valence-corrected chi connectivity index (χ1v) is 12.1. The van der Waals surface area contributed by atoms with Gasteiger partial charge in [0.1, 0.15) is 17.3 Å². The summed E-state index contributed by atoms with van der Waals surface area (Å²) in [5.41, 5.74) is 6.17. The van der Waals surface area contributed by atoms with Crippen LogP contribution in [-0.4, -0.2) is 42.8 Å². The highest BCUT2D eigenvalue weighted by Gasteiger charge is 2.33. The van der Waals surface area contributed by atoms with Gasteiger partial charge in [-0.05, 0) is 42.9 Å². The number of fused-ring (bicyclic) bond motifs is 2. The lowest BCUT2D eigenvalue weighted by Crippen LogP contribution is -2.46. The van der Waals surface area contributed by atoms with Crippen LogP contribution in [0.2, 0.25) is 0 Å². The van der Waals surface area contributed by atoms with E-state index >= 15 is 0 Å². The number of benzene rings is 1. The summed E-state index contributed by atoms with van der Waals surface area (Å²) in [6, 6.07) is 6.87. The second kappa shape index (κ2) is 7.83. The minimum absolute atomic E-state index is 0.0711. The maximum Gasteiger partial charge on any atom is 0.159 e. The Hall–Kier alpha value is -2.93. The van der Waals surface area contributed by atoms with E-state index in [-0.39, 0.29) is 18.1 Å². The van der Waals surface area contributed by atoms with Crippen molar-refractivity contribution in [3.63, 3.8) is 0 Å². The lowest BCUT2D eigenvalue weighted by Gasteiger charge is -2.43. The molecule has 0 radical (unpaired) electrons. The first-order chi connectivity index (χ1) is 16.0. The van der Waals surface area contributed by atoms with Gasteiger partial charge in [0.2, 0.25) is 0 Å². The number of aliphatic hydroxyl groups is 1. The van der Waals surface area contributed by atoms with Crippen molar-refractivity contribution in [2.45, 2.75) is 64.5 Å². The number of nitrogens with zero attached hydrogens (tertiary/aromatic N) is 3. The Labute approximate surface area is 192 Å². The van der Waals surface area contributed by atoms with Crippen molar-refractivity contribution in [3.05, 3.63) is 58.4 Å². The predicted octanol–water partition coefficient (Wildman–Crippen LogP) is 5.67. The smallest absolute Gasteiger partial charge is 0.159 e. The maximum atomic E-state index is 14.1. The van der Waals surface area contributed by atoms with Crippen LogP contribution in [-0.2, 0) is 13.0 Å². The van der Waals surface area contributed by atoms with Crippen molar-refractivity contribution in [1.29, 1.82) is 0 Å². The van der Waals surface area contributed by atoms with Crippen LogP contribution in [0.3, 0.4) is 0 Å². The van der Waals surface area contributed by atoms with Crippen LogP contribution < -0.4 is 0 Å². The summed E-state index contributed by atoms with van der Waals surface area (Å²) in [4.78, 5) is 11.0. The molecule has 2 aliphatic carbocycles. The Morgan fingerprint density at radius 3 is 2.91 bits per heavy atom. The number of halogens is 1. The molecule has 7 heteroatoms. The molecule has 0 saturated heterocycles. The first-order valence-electron chi connectivity index (χ1n) is 12.1. The molecule has 1 saturated carbocycles. The molecule has 1 atom stereocenters. The summed E-state index contributed by atoms with van der Waals surface area (Å²) in [7, 11) is 0. The summed E-state index contributed by atoms with van der Waals surface area (Å²) in [5, 5.41) is 18.5. The fraction of sp³-hybridized carbons (Fsp3) is 0.462. The lowest BCUT2D eigenvalue weighted by molar-refractivity contribution is 0.0733. The standard InChI is InChI=1S/C26H30FN5O/c1-3-15-11-24(33)20(27)12-19(15)16-4-5-18-22(10-16)30-31-25(18)26-28-21-6-7-32(13-23(21)29-26)17-8-14(2)9-17/h4-5,10-11,14,17,19,33H,3,6-9,12-13H2,1-2H3,(H,28,29)(H,30,31). The highest BCUT2D eigenvalue weighted by molar-refractivity contribution is 5.91. The molecule has 6 rings (SSSR count). The number of imidazole rings is 1. The zero-order valence-electron chi connectivity index (χ0n) is 19.2. The third kappa shape index (κ3) is 3.50. The Morgan fingerprint density at radius 1 is 1.27 bits per heavy atom. The monoisotopic (exact) mass is 447 g/mol. The number of nitrogens with one attached hydrogen (secondary N) is 2. The molecule has 6 nitrogen and oxygen atoms in total. The fourth-order valence-corrected chi connectivity index (χ4v) is 5.78. The van der Waals surface area contributed by atoms with Gasteiger partial charge in [-0.15, -0.1) is 0 Å². The summed E-state index contributed by atoms with van der Waals surface area (Å²) in [6.45, 7) is 6.38. The highest BCUT2D eigenvalue weighted by Crippen LogP contribution is 2.40. The van der Waals surface area contributed by atoms with Gasteiger partial charge in [0.15, 0.2) is 5.82 Å². The van der Waals surface area contributed by atoms with Crippen LogP contribution in [0.1, 0.15) is 62.4 Å². The SMILES string of the molecule is CCC1=CC(O)=C(F)CC1c1ccc2c(-c3nc4c([nH]3)CN(C3CC(C)C3)CC4)n[nH]c2c1. The van der Waals surface area contributed by atoms with Crippen molar-refractivity contribution in [2.24, 2.45) is 5.92 Å². The Bertz CT molecular complexity index is 1280. The van der Waals surface area contributed by atoms with Gasteiger partial charge in [-0.1, -0.05) is 31.6 Å². The minimum Gasteiger partial charge on any atom is -0.505 e. The van der Waals surface area contributed by atoms with Crippen molar-refractivity contribution >= 4 is 10.9 Å². The molecule has 0 bridgehead atoms. The van der Waals surface area contributed by atoms with E-state index in [0.717, 1.165) is 71.1 Å². The van der Waals surface area contributed by atoms with Gasteiger partial charge in [0, 0.05) is 43.3 Å². The fourth-order valence-electron chi connectivity index (χ4n) is 5.78. The van der Waals surface area contributed by atoms with Gasteiger partial charge in [-0.2, -0.15) is 5.10 Å². The molecule has 3 N–H and O–H groups in total.